The fraction of sp³-hybridized carbons (Fsp3) is 0.200. The van der Waals surface area contributed by atoms with Crippen molar-refractivity contribution >= 4 is 23.1 Å². The number of fused-ring (bicyclic) bond motifs is 1. The number of amides is 1. The number of carbonyl (C=O) groups is 2. The zero-order valence-electron chi connectivity index (χ0n) is 18.7. The molecule has 3 heterocycles. The molecule has 1 amide bonds. The fourth-order valence-electron chi connectivity index (χ4n) is 4.12. The van der Waals surface area contributed by atoms with Crippen molar-refractivity contribution in [2.75, 3.05) is 18.1 Å². The zero-order chi connectivity index (χ0) is 25.6. The van der Waals surface area contributed by atoms with E-state index in [4.69, 9.17) is 13.9 Å². The third kappa shape index (κ3) is 4.23. The summed E-state index contributed by atoms with van der Waals surface area (Å²) in [6, 6.07) is 11.0. The van der Waals surface area contributed by atoms with Gasteiger partial charge in [0.1, 0.15) is 42.3 Å². The van der Waals surface area contributed by atoms with Crippen LogP contribution in [0.1, 0.15) is 23.1 Å². The number of Topliss-reactive ketones (excluding diaryl/α,β-unsaturated/α-hetero) is 1. The first-order valence-corrected chi connectivity index (χ1v) is 10.8. The van der Waals surface area contributed by atoms with Gasteiger partial charge in [-0.15, -0.1) is 13.2 Å². The van der Waals surface area contributed by atoms with E-state index in [-0.39, 0.29) is 22.6 Å². The maximum atomic E-state index is 13.2. The molecule has 1 N–H and O–H groups in total. The molecule has 0 aliphatic carbocycles. The second-order valence-corrected chi connectivity index (χ2v) is 8.02. The Hall–Kier alpha value is -4.41. The number of rotatable bonds is 4. The molecule has 5 rings (SSSR count). The predicted octanol–water partition coefficient (Wildman–Crippen LogP) is 4.88. The number of nitrogens with zero attached hydrogens (tertiary/aromatic N) is 1. The van der Waals surface area contributed by atoms with Crippen LogP contribution in [0, 0.1) is 6.92 Å². The number of hydrogen-bond acceptors (Lipinski definition) is 7. The van der Waals surface area contributed by atoms with Crippen LogP contribution in [0.25, 0.3) is 5.76 Å². The van der Waals surface area contributed by atoms with Gasteiger partial charge in [0, 0.05) is 11.3 Å². The van der Waals surface area contributed by atoms with Crippen LogP contribution >= 0.6 is 0 Å². The van der Waals surface area contributed by atoms with Gasteiger partial charge in [0.2, 0.25) is 0 Å². The molecule has 1 fully saturated rings. The number of aryl methyl sites for hydroxylation is 1. The molecule has 1 aromatic heterocycles. The smallest absolute Gasteiger partial charge is 0.507 e. The van der Waals surface area contributed by atoms with Crippen molar-refractivity contribution in [2.24, 2.45) is 0 Å². The summed E-state index contributed by atoms with van der Waals surface area (Å²) in [5, 5.41) is 11.2. The Morgan fingerprint density at radius 2 is 1.69 bits per heavy atom. The summed E-state index contributed by atoms with van der Waals surface area (Å²) in [6.45, 7) is 2.34. The maximum absolute atomic E-state index is 13.2. The summed E-state index contributed by atoms with van der Waals surface area (Å²) in [6.07, 6.45) is -4.89. The van der Waals surface area contributed by atoms with Gasteiger partial charge in [0.05, 0.1) is 5.57 Å². The third-order valence-corrected chi connectivity index (χ3v) is 5.64. The fourth-order valence-corrected chi connectivity index (χ4v) is 4.12. The van der Waals surface area contributed by atoms with Crippen LogP contribution in [0.5, 0.6) is 17.2 Å². The molecule has 0 spiro atoms. The molecule has 186 valence electrons. The minimum Gasteiger partial charge on any atom is -0.507 e. The topological polar surface area (TPSA) is 98.4 Å². The number of alkyl halides is 3. The Kier molecular flexibility index (Phi) is 5.62. The molecule has 36 heavy (non-hydrogen) atoms. The number of benzene rings is 2. The van der Waals surface area contributed by atoms with Crippen molar-refractivity contribution in [1.29, 1.82) is 0 Å². The third-order valence-electron chi connectivity index (χ3n) is 5.64. The van der Waals surface area contributed by atoms with Crippen molar-refractivity contribution in [1.82, 2.24) is 0 Å². The lowest BCUT2D eigenvalue weighted by Gasteiger charge is -2.24. The van der Waals surface area contributed by atoms with Crippen LogP contribution in [0.2, 0.25) is 0 Å². The van der Waals surface area contributed by atoms with Gasteiger partial charge >= 0.3 is 6.36 Å². The van der Waals surface area contributed by atoms with Crippen molar-refractivity contribution < 1.29 is 46.5 Å². The molecular formula is C25H18F3NO7. The molecule has 1 saturated heterocycles. The van der Waals surface area contributed by atoms with Gasteiger partial charge in [-0.3, -0.25) is 14.5 Å². The van der Waals surface area contributed by atoms with Crippen LogP contribution in [0.4, 0.5) is 18.9 Å². The lowest BCUT2D eigenvalue weighted by atomic mass is 9.99. The molecule has 0 saturated carbocycles. The highest BCUT2D eigenvalue weighted by molar-refractivity contribution is 6.51. The Bertz CT molecular complexity index is 1380. The summed E-state index contributed by atoms with van der Waals surface area (Å²) < 4.78 is 58.3. The number of ketones is 1. The van der Waals surface area contributed by atoms with E-state index in [1.165, 1.54) is 24.3 Å². The van der Waals surface area contributed by atoms with E-state index in [0.29, 0.717) is 30.5 Å². The van der Waals surface area contributed by atoms with Crippen molar-refractivity contribution in [3.8, 4) is 17.2 Å². The van der Waals surface area contributed by atoms with Crippen molar-refractivity contribution in [3.63, 3.8) is 0 Å². The highest BCUT2D eigenvalue weighted by atomic mass is 19.4. The SMILES string of the molecule is Cc1ccc(C2/C(=C(/O)c3ccc4c(c3)OCCO4)C(=O)C(=O)N2c2ccc(OC(F)(F)F)cc2)o1. The Labute approximate surface area is 202 Å². The van der Waals surface area contributed by atoms with Gasteiger partial charge in [-0.2, -0.15) is 0 Å². The molecule has 8 nitrogen and oxygen atoms in total. The van der Waals surface area contributed by atoms with Crippen molar-refractivity contribution in [2.45, 2.75) is 19.3 Å². The normalized spacial score (nSPS) is 19.0. The van der Waals surface area contributed by atoms with Gasteiger partial charge in [-0.05, 0) is 61.5 Å². The average molecular weight is 501 g/mol. The van der Waals surface area contributed by atoms with Crippen LogP contribution in [-0.4, -0.2) is 36.4 Å². The molecular weight excluding hydrogens is 483 g/mol. The number of furan rings is 1. The molecule has 0 radical (unpaired) electrons. The zero-order valence-corrected chi connectivity index (χ0v) is 18.7. The summed E-state index contributed by atoms with van der Waals surface area (Å²) >= 11 is 0. The second-order valence-electron chi connectivity index (χ2n) is 8.02. The summed E-state index contributed by atoms with van der Waals surface area (Å²) in [5.41, 5.74) is 0.0630. The van der Waals surface area contributed by atoms with Crippen LogP contribution in [0.15, 0.2) is 64.6 Å². The maximum Gasteiger partial charge on any atom is 0.573 e. The van der Waals surface area contributed by atoms with Crippen LogP contribution in [0.3, 0.4) is 0 Å². The molecule has 0 bridgehead atoms. The second kappa shape index (κ2) is 8.67. The number of anilines is 1. The molecule has 2 aromatic carbocycles. The van der Waals surface area contributed by atoms with Crippen molar-refractivity contribution in [3.05, 3.63) is 77.3 Å². The highest BCUT2D eigenvalue weighted by Crippen LogP contribution is 2.44. The van der Waals surface area contributed by atoms with Gasteiger partial charge in [-0.1, -0.05) is 0 Å². The number of halogens is 3. The number of aliphatic hydroxyl groups is 1. The van der Waals surface area contributed by atoms with E-state index in [9.17, 15) is 27.9 Å². The van der Waals surface area contributed by atoms with Crippen LogP contribution < -0.4 is 19.1 Å². The number of ether oxygens (including phenoxy) is 3. The Balaban J connectivity index is 1.60. The van der Waals surface area contributed by atoms with Gasteiger partial charge < -0.3 is 23.7 Å². The predicted molar refractivity (Wildman–Crippen MR) is 119 cm³/mol. The quantitative estimate of drug-likeness (QED) is 0.309. The minimum atomic E-state index is -4.89. The van der Waals surface area contributed by atoms with E-state index in [2.05, 4.69) is 4.74 Å². The van der Waals surface area contributed by atoms with Gasteiger partial charge in [-0.25, -0.2) is 0 Å². The molecule has 1 atom stereocenters. The summed E-state index contributed by atoms with van der Waals surface area (Å²) in [5.74, 6) is -1.43. The summed E-state index contributed by atoms with van der Waals surface area (Å²) in [7, 11) is 0. The molecule has 1 unspecified atom stereocenters. The van der Waals surface area contributed by atoms with E-state index >= 15 is 0 Å². The molecule has 2 aliphatic rings. The summed E-state index contributed by atoms with van der Waals surface area (Å²) in [4.78, 5) is 27.3. The largest absolute Gasteiger partial charge is 0.573 e. The highest BCUT2D eigenvalue weighted by Gasteiger charge is 2.48. The van der Waals surface area contributed by atoms with E-state index < -0.39 is 35.6 Å². The van der Waals surface area contributed by atoms with Gasteiger partial charge in [0.15, 0.2) is 11.5 Å². The first kappa shape index (κ1) is 23.3. The molecule has 3 aromatic rings. The molecule has 2 aliphatic heterocycles. The van der Waals surface area contributed by atoms with Gasteiger partial charge in [0.25, 0.3) is 11.7 Å². The number of aliphatic hydroxyl groups excluding tert-OH is 1. The first-order valence-electron chi connectivity index (χ1n) is 10.8. The lowest BCUT2D eigenvalue weighted by molar-refractivity contribution is -0.274. The van der Waals surface area contributed by atoms with E-state index in [1.54, 1.807) is 25.1 Å². The molecule has 11 heteroatoms. The first-order chi connectivity index (χ1) is 17.1. The number of carbonyl (C=O) groups excluding carboxylic acids is 2. The van der Waals surface area contributed by atoms with Crippen LogP contribution in [-0.2, 0) is 9.59 Å². The Morgan fingerprint density at radius 3 is 2.33 bits per heavy atom. The minimum absolute atomic E-state index is 0.104. The average Bonchev–Trinajstić information content (AvgIpc) is 3.38. The monoisotopic (exact) mass is 501 g/mol. The Morgan fingerprint density at radius 1 is 1.00 bits per heavy atom. The van der Waals surface area contributed by atoms with E-state index in [1.807, 2.05) is 0 Å². The standard InChI is InChI=1S/C25H18F3NO7/c1-13-2-8-18(35-13)21-20(22(30)14-3-9-17-19(12-14)34-11-10-33-17)23(31)24(32)29(21)15-4-6-16(7-5-15)36-25(26,27)28/h2-9,12,21,30H,10-11H2,1H3/b22-20-. The van der Waals surface area contributed by atoms with E-state index in [0.717, 1.165) is 17.0 Å². The number of hydrogen-bond donors (Lipinski definition) is 1. The lowest BCUT2D eigenvalue weighted by Crippen LogP contribution is -2.29.